The van der Waals surface area contributed by atoms with Gasteiger partial charge in [-0.05, 0) is 17.7 Å². The summed E-state index contributed by atoms with van der Waals surface area (Å²) in [6.45, 7) is 0.269. The van der Waals surface area contributed by atoms with E-state index in [0.29, 0.717) is 5.56 Å². The van der Waals surface area contributed by atoms with Crippen LogP contribution in [0.1, 0.15) is 16.1 Å². The van der Waals surface area contributed by atoms with Crippen LogP contribution in [0.2, 0.25) is 5.02 Å². The van der Waals surface area contributed by atoms with Crippen LogP contribution in [0.4, 0.5) is 10.1 Å². The van der Waals surface area contributed by atoms with Gasteiger partial charge in [0, 0.05) is 6.20 Å². The lowest BCUT2D eigenvalue weighted by Crippen LogP contribution is -2.14. The Morgan fingerprint density at radius 1 is 1.50 bits per heavy atom. The summed E-state index contributed by atoms with van der Waals surface area (Å²) < 4.78 is 14.6. The zero-order valence-electron chi connectivity index (χ0n) is 9.23. The number of rotatable bonds is 3. The molecule has 94 valence electrons. The number of amides is 1. The van der Waals surface area contributed by atoms with Crippen LogP contribution >= 0.6 is 11.6 Å². The van der Waals surface area contributed by atoms with E-state index in [1.807, 2.05) is 0 Å². The maximum Gasteiger partial charge on any atom is 0.271 e. The number of hydrogen-bond donors (Lipinski definition) is 2. The number of carbonyl (C=O) groups is 1. The molecule has 0 saturated carbocycles. The predicted molar refractivity (Wildman–Crippen MR) is 65.7 cm³/mol. The fraction of sp³-hybridized carbons (Fsp3) is 0.0909. The molecule has 7 heteroatoms. The van der Waals surface area contributed by atoms with E-state index in [2.05, 4.69) is 5.10 Å². The highest BCUT2D eigenvalue weighted by molar-refractivity contribution is 6.30. The molecule has 0 atom stereocenters. The third-order valence-electron chi connectivity index (χ3n) is 2.35. The van der Waals surface area contributed by atoms with Gasteiger partial charge in [0.15, 0.2) is 5.69 Å². The van der Waals surface area contributed by atoms with Crippen LogP contribution in [0.25, 0.3) is 0 Å². The Bertz CT molecular complexity index is 611. The van der Waals surface area contributed by atoms with E-state index in [-0.39, 0.29) is 22.9 Å². The summed E-state index contributed by atoms with van der Waals surface area (Å²) in [4.78, 5) is 11.0. The molecule has 2 rings (SSSR count). The molecule has 5 nitrogen and oxygen atoms in total. The summed E-state index contributed by atoms with van der Waals surface area (Å²) >= 11 is 5.58. The quantitative estimate of drug-likeness (QED) is 0.882. The van der Waals surface area contributed by atoms with Crippen molar-refractivity contribution >= 4 is 23.2 Å². The number of carbonyl (C=O) groups excluding carboxylic acids is 1. The lowest BCUT2D eigenvalue weighted by Gasteiger charge is -2.02. The number of aromatic nitrogens is 2. The molecule has 0 aliphatic heterocycles. The molecule has 1 aromatic heterocycles. The van der Waals surface area contributed by atoms with E-state index in [4.69, 9.17) is 23.1 Å². The maximum absolute atomic E-state index is 13.2. The maximum atomic E-state index is 13.2. The van der Waals surface area contributed by atoms with Crippen molar-refractivity contribution in [2.45, 2.75) is 6.54 Å². The Balaban J connectivity index is 2.26. The number of primary amides is 1. The Morgan fingerprint density at radius 3 is 2.78 bits per heavy atom. The molecule has 4 N–H and O–H groups in total. The van der Waals surface area contributed by atoms with Crippen molar-refractivity contribution in [2.24, 2.45) is 5.73 Å². The number of benzene rings is 1. The van der Waals surface area contributed by atoms with E-state index in [1.165, 1.54) is 23.0 Å². The molecule has 0 aliphatic rings. The van der Waals surface area contributed by atoms with Gasteiger partial charge in [-0.25, -0.2) is 4.39 Å². The number of nitrogens with zero attached hydrogens (tertiary/aromatic N) is 2. The average Bonchev–Trinajstić information content (AvgIpc) is 2.65. The van der Waals surface area contributed by atoms with E-state index < -0.39 is 11.7 Å². The van der Waals surface area contributed by atoms with E-state index in [0.717, 1.165) is 0 Å². The number of halogens is 2. The first-order valence-corrected chi connectivity index (χ1v) is 5.42. The monoisotopic (exact) mass is 268 g/mol. The molecule has 1 amide bonds. The third kappa shape index (κ3) is 2.43. The van der Waals surface area contributed by atoms with Crippen molar-refractivity contribution < 1.29 is 9.18 Å². The van der Waals surface area contributed by atoms with Gasteiger partial charge in [0.25, 0.3) is 5.91 Å². The van der Waals surface area contributed by atoms with Crippen molar-refractivity contribution in [1.82, 2.24) is 9.78 Å². The van der Waals surface area contributed by atoms with Crippen LogP contribution in [-0.4, -0.2) is 15.7 Å². The topological polar surface area (TPSA) is 86.9 Å². The molecule has 0 fully saturated rings. The van der Waals surface area contributed by atoms with E-state index in [1.54, 1.807) is 6.07 Å². The molecule has 0 aliphatic carbocycles. The minimum Gasteiger partial charge on any atom is -0.396 e. The molecule has 18 heavy (non-hydrogen) atoms. The third-order valence-corrected chi connectivity index (χ3v) is 2.66. The van der Waals surface area contributed by atoms with E-state index >= 15 is 0 Å². The fourth-order valence-corrected chi connectivity index (χ4v) is 1.65. The van der Waals surface area contributed by atoms with Gasteiger partial charge < -0.3 is 11.5 Å². The summed E-state index contributed by atoms with van der Waals surface area (Å²) in [7, 11) is 0. The molecule has 0 bridgehead atoms. The number of hydrogen-bond acceptors (Lipinski definition) is 3. The Hall–Kier alpha value is -2.08. The second kappa shape index (κ2) is 4.66. The second-order valence-corrected chi connectivity index (χ2v) is 4.15. The predicted octanol–water partition coefficient (Wildman–Crippen LogP) is 1.40. The van der Waals surface area contributed by atoms with Crippen LogP contribution in [0, 0.1) is 5.82 Å². The first-order valence-electron chi connectivity index (χ1n) is 5.04. The molecule has 1 aromatic carbocycles. The summed E-state index contributed by atoms with van der Waals surface area (Å²) in [5.41, 5.74) is 11.5. The highest BCUT2D eigenvalue weighted by Gasteiger charge is 2.11. The lowest BCUT2D eigenvalue weighted by molar-refractivity contribution is 0.0995. The zero-order chi connectivity index (χ0) is 13.3. The van der Waals surface area contributed by atoms with Crippen LogP contribution in [0.5, 0.6) is 0 Å². The van der Waals surface area contributed by atoms with Gasteiger partial charge >= 0.3 is 0 Å². The molecule has 0 unspecified atom stereocenters. The van der Waals surface area contributed by atoms with Gasteiger partial charge in [-0.1, -0.05) is 17.7 Å². The zero-order valence-corrected chi connectivity index (χ0v) is 9.99. The Morgan fingerprint density at radius 2 is 2.22 bits per heavy atom. The Labute approximate surface area is 107 Å². The summed E-state index contributed by atoms with van der Waals surface area (Å²) in [5, 5.41) is 3.97. The fourth-order valence-electron chi connectivity index (χ4n) is 1.53. The van der Waals surface area contributed by atoms with Crippen molar-refractivity contribution in [2.75, 3.05) is 5.73 Å². The van der Waals surface area contributed by atoms with Gasteiger partial charge in [-0.2, -0.15) is 5.10 Å². The lowest BCUT2D eigenvalue weighted by atomic mass is 10.2. The molecule has 0 radical (unpaired) electrons. The van der Waals surface area contributed by atoms with Crippen molar-refractivity contribution in [3.05, 3.63) is 46.5 Å². The largest absolute Gasteiger partial charge is 0.396 e. The normalized spacial score (nSPS) is 10.6. The van der Waals surface area contributed by atoms with Crippen molar-refractivity contribution in [1.29, 1.82) is 0 Å². The standard InChI is InChI=1S/C11H10ClFN4O/c12-7-2-1-6(3-8(7)13)4-17-5-9(14)10(16-17)11(15)18/h1-3,5H,4,14H2,(H2,15,18). The molecule has 1 heterocycles. The minimum absolute atomic E-state index is 0.00411. The van der Waals surface area contributed by atoms with Crippen LogP contribution < -0.4 is 11.5 Å². The molecule has 2 aromatic rings. The first kappa shape index (κ1) is 12.4. The van der Waals surface area contributed by atoms with Crippen LogP contribution in [0.15, 0.2) is 24.4 Å². The first-order chi connectivity index (χ1) is 8.47. The second-order valence-electron chi connectivity index (χ2n) is 3.74. The van der Waals surface area contributed by atoms with Crippen LogP contribution in [0.3, 0.4) is 0 Å². The van der Waals surface area contributed by atoms with Crippen molar-refractivity contribution in [3.63, 3.8) is 0 Å². The number of nitrogens with two attached hydrogens (primary N) is 2. The van der Waals surface area contributed by atoms with Gasteiger partial charge in [-0.15, -0.1) is 0 Å². The summed E-state index contributed by atoms with van der Waals surface area (Å²) in [6.07, 6.45) is 1.46. The molecular formula is C11H10ClFN4O. The number of anilines is 1. The number of nitrogen functional groups attached to an aromatic ring is 1. The Kier molecular flexibility index (Phi) is 3.20. The summed E-state index contributed by atoms with van der Waals surface area (Å²) in [6, 6.07) is 4.41. The molecule has 0 saturated heterocycles. The van der Waals surface area contributed by atoms with E-state index in [9.17, 15) is 9.18 Å². The highest BCUT2D eigenvalue weighted by atomic mass is 35.5. The molecular weight excluding hydrogens is 259 g/mol. The molecule has 0 spiro atoms. The van der Waals surface area contributed by atoms with Crippen molar-refractivity contribution in [3.8, 4) is 0 Å². The minimum atomic E-state index is -0.700. The van der Waals surface area contributed by atoms with Gasteiger partial charge in [0.1, 0.15) is 5.82 Å². The SMILES string of the molecule is NC(=O)c1nn(Cc2ccc(Cl)c(F)c2)cc1N. The summed E-state index contributed by atoms with van der Waals surface area (Å²) in [5.74, 6) is -1.21. The van der Waals surface area contributed by atoms with Crippen LogP contribution in [-0.2, 0) is 6.54 Å². The van der Waals surface area contributed by atoms with Gasteiger partial charge in [0.05, 0.1) is 17.3 Å². The van der Waals surface area contributed by atoms with Gasteiger partial charge in [0.2, 0.25) is 0 Å². The smallest absolute Gasteiger partial charge is 0.271 e. The average molecular weight is 269 g/mol. The highest BCUT2D eigenvalue weighted by Crippen LogP contribution is 2.17. The van der Waals surface area contributed by atoms with Gasteiger partial charge in [-0.3, -0.25) is 9.48 Å².